The van der Waals surface area contributed by atoms with Crippen LogP contribution in [0, 0.1) is 17.8 Å². The van der Waals surface area contributed by atoms with Crippen molar-refractivity contribution in [1.82, 2.24) is 10.2 Å². The summed E-state index contributed by atoms with van der Waals surface area (Å²) in [6.07, 6.45) is 7.67. The Balaban J connectivity index is 1.23. The second-order valence-electron chi connectivity index (χ2n) is 9.02. The number of nitrogens with zero attached hydrogens (tertiary/aromatic N) is 1. The van der Waals surface area contributed by atoms with E-state index >= 15 is 0 Å². The molecule has 5 nitrogen and oxygen atoms in total. The van der Waals surface area contributed by atoms with Crippen LogP contribution in [0.25, 0.3) is 0 Å². The van der Waals surface area contributed by atoms with E-state index in [0.29, 0.717) is 30.8 Å². The fraction of sp³-hybridized carbons (Fsp3) is 0.652. The molecule has 3 unspecified atom stereocenters. The van der Waals surface area contributed by atoms with Gasteiger partial charge in [0.15, 0.2) is 0 Å². The highest BCUT2D eigenvalue weighted by Crippen LogP contribution is 2.42. The molecule has 3 atom stereocenters. The molecule has 0 radical (unpaired) electrons. The first-order valence-corrected chi connectivity index (χ1v) is 11.0. The minimum absolute atomic E-state index is 0.101. The molecule has 28 heavy (non-hydrogen) atoms. The largest absolute Gasteiger partial charge is 0.351 e. The quantitative estimate of drug-likeness (QED) is 0.820. The molecule has 4 rings (SSSR count). The Bertz CT molecular complexity index is 678. The number of likely N-dealkylation sites (tertiary alicyclic amines) is 1. The van der Waals surface area contributed by atoms with Crippen molar-refractivity contribution in [2.45, 2.75) is 63.5 Å². The Morgan fingerprint density at radius 3 is 2.50 bits per heavy atom. The molecule has 1 aromatic rings. The standard InChI is InChI=1S/C23H33N3O2/c24-22-17-7-4-8-18(22)14-19(13-17)23(28)25-20-11-12-26(15-20)21(27)10-9-16-5-2-1-3-6-16/h1-3,5-6,17-20,22H,4,7-15,24H2,(H,25,28). The maximum absolute atomic E-state index is 12.8. The molecule has 152 valence electrons. The molecule has 1 aliphatic heterocycles. The fourth-order valence-corrected chi connectivity index (χ4v) is 5.48. The van der Waals surface area contributed by atoms with Gasteiger partial charge in [-0.25, -0.2) is 0 Å². The zero-order chi connectivity index (χ0) is 19.5. The minimum atomic E-state index is 0.101. The number of hydrogen-bond donors (Lipinski definition) is 2. The molecule has 0 aromatic heterocycles. The number of hydrogen-bond acceptors (Lipinski definition) is 3. The van der Waals surface area contributed by atoms with Gasteiger partial charge in [0.25, 0.3) is 0 Å². The SMILES string of the molecule is NC1C2CCCC1CC(C(=O)NC1CCN(C(=O)CCc3ccccc3)C1)C2. The average molecular weight is 384 g/mol. The molecule has 3 fully saturated rings. The van der Waals surface area contributed by atoms with Gasteiger partial charge in [0.05, 0.1) is 0 Å². The highest BCUT2D eigenvalue weighted by atomic mass is 16.2. The number of fused-ring (bicyclic) bond motifs is 2. The number of carbonyl (C=O) groups is 2. The van der Waals surface area contributed by atoms with Crippen LogP contribution in [-0.2, 0) is 16.0 Å². The van der Waals surface area contributed by atoms with Crippen molar-refractivity contribution in [3.63, 3.8) is 0 Å². The van der Waals surface area contributed by atoms with E-state index in [9.17, 15) is 9.59 Å². The Hall–Kier alpha value is -1.88. The maximum Gasteiger partial charge on any atom is 0.223 e. The lowest BCUT2D eigenvalue weighted by Gasteiger charge is -2.43. The number of benzene rings is 1. The summed E-state index contributed by atoms with van der Waals surface area (Å²) in [7, 11) is 0. The van der Waals surface area contributed by atoms with Crippen molar-refractivity contribution in [3.8, 4) is 0 Å². The van der Waals surface area contributed by atoms with Gasteiger partial charge in [-0.1, -0.05) is 36.8 Å². The third-order valence-corrected chi connectivity index (χ3v) is 7.14. The lowest BCUT2D eigenvalue weighted by molar-refractivity contribution is -0.131. The van der Waals surface area contributed by atoms with Crippen molar-refractivity contribution in [3.05, 3.63) is 35.9 Å². The van der Waals surface area contributed by atoms with Gasteiger partial charge < -0.3 is 16.0 Å². The van der Waals surface area contributed by atoms with E-state index in [0.717, 1.165) is 32.2 Å². The monoisotopic (exact) mass is 383 g/mol. The molecule has 5 heteroatoms. The first-order chi connectivity index (χ1) is 13.6. The predicted molar refractivity (Wildman–Crippen MR) is 109 cm³/mol. The fourth-order valence-electron chi connectivity index (χ4n) is 5.48. The molecule has 2 bridgehead atoms. The summed E-state index contributed by atoms with van der Waals surface area (Å²) in [6, 6.07) is 10.5. The van der Waals surface area contributed by atoms with Gasteiger partial charge in [-0.3, -0.25) is 9.59 Å². The number of amides is 2. The Morgan fingerprint density at radius 2 is 1.79 bits per heavy atom. The highest BCUT2D eigenvalue weighted by Gasteiger charge is 2.41. The first-order valence-electron chi connectivity index (χ1n) is 11.0. The molecular formula is C23H33N3O2. The van der Waals surface area contributed by atoms with E-state index in [2.05, 4.69) is 17.4 Å². The number of carbonyl (C=O) groups excluding carboxylic acids is 2. The summed E-state index contributed by atoms with van der Waals surface area (Å²) in [5, 5.41) is 3.24. The van der Waals surface area contributed by atoms with E-state index in [4.69, 9.17) is 5.73 Å². The van der Waals surface area contributed by atoms with Crippen LogP contribution < -0.4 is 11.1 Å². The van der Waals surface area contributed by atoms with Crippen molar-refractivity contribution in [1.29, 1.82) is 0 Å². The summed E-state index contributed by atoms with van der Waals surface area (Å²) in [5.41, 5.74) is 7.55. The van der Waals surface area contributed by atoms with Gasteiger partial charge in [-0.05, 0) is 55.9 Å². The van der Waals surface area contributed by atoms with Gasteiger partial charge in [-0.2, -0.15) is 0 Å². The number of nitrogens with two attached hydrogens (primary N) is 1. The first kappa shape index (κ1) is 19.4. The summed E-state index contributed by atoms with van der Waals surface area (Å²) in [5.74, 6) is 1.52. The zero-order valence-corrected chi connectivity index (χ0v) is 16.7. The summed E-state index contributed by atoms with van der Waals surface area (Å²) in [4.78, 5) is 27.3. The maximum atomic E-state index is 12.8. The van der Waals surface area contributed by atoms with Crippen LogP contribution in [0.4, 0.5) is 0 Å². The van der Waals surface area contributed by atoms with E-state index in [-0.39, 0.29) is 23.8 Å². The van der Waals surface area contributed by atoms with Crippen LogP contribution in [0.5, 0.6) is 0 Å². The van der Waals surface area contributed by atoms with Crippen molar-refractivity contribution in [2.75, 3.05) is 13.1 Å². The summed E-state index contributed by atoms with van der Waals surface area (Å²) >= 11 is 0. The molecule has 3 N–H and O–H groups in total. The number of aryl methyl sites for hydroxylation is 1. The van der Waals surface area contributed by atoms with Gasteiger partial charge in [0, 0.05) is 37.5 Å². The van der Waals surface area contributed by atoms with Crippen LogP contribution in [0.2, 0.25) is 0 Å². The van der Waals surface area contributed by atoms with Gasteiger partial charge in [0.1, 0.15) is 0 Å². The molecule has 3 aliphatic rings. The lowest BCUT2D eigenvalue weighted by Crippen LogP contribution is -2.50. The van der Waals surface area contributed by atoms with E-state index in [1.165, 1.54) is 24.8 Å². The molecule has 2 aliphatic carbocycles. The molecule has 1 heterocycles. The molecule has 2 amide bonds. The van der Waals surface area contributed by atoms with E-state index in [1.807, 2.05) is 23.1 Å². The molecular weight excluding hydrogens is 350 g/mol. The average Bonchev–Trinajstić information content (AvgIpc) is 3.15. The molecule has 2 saturated carbocycles. The second kappa shape index (κ2) is 8.64. The van der Waals surface area contributed by atoms with Crippen LogP contribution in [-0.4, -0.2) is 41.9 Å². The molecule has 1 saturated heterocycles. The third kappa shape index (κ3) is 4.40. The Kier molecular flexibility index (Phi) is 6.00. The Labute approximate surface area is 168 Å². The van der Waals surface area contributed by atoms with Crippen molar-refractivity contribution < 1.29 is 9.59 Å². The predicted octanol–water partition coefficient (Wildman–Crippen LogP) is 2.49. The topological polar surface area (TPSA) is 75.4 Å². The highest BCUT2D eigenvalue weighted by molar-refractivity contribution is 5.80. The van der Waals surface area contributed by atoms with Crippen molar-refractivity contribution >= 4 is 11.8 Å². The van der Waals surface area contributed by atoms with Gasteiger partial charge in [-0.15, -0.1) is 0 Å². The van der Waals surface area contributed by atoms with Gasteiger partial charge >= 0.3 is 0 Å². The Morgan fingerprint density at radius 1 is 1.07 bits per heavy atom. The molecule has 0 spiro atoms. The number of nitrogens with one attached hydrogen (secondary N) is 1. The lowest BCUT2D eigenvalue weighted by atomic mass is 9.65. The molecule has 1 aromatic carbocycles. The van der Waals surface area contributed by atoms with Crippen molar-refractivity contribution in [2.24, 2.45) is 23.5 Å². The van der Waals surface area contributed by atoms with Gasteiger partial charge in [0.2, 0.25) is 11.8 Å². The zero-order valence-electron chi connectivity index (χ0n) is 16.7. The van der Waals surface area contributed by atoms with E-state index < -0.39 is 0 Å². The number of rotatable bonds is 5. The van der Waals surface area contributed by atoms with Crippen LogP contribution in [0.1, 0.15) is 50.5 Å². The van der Waals surface area contributed by atoms with Crippen LogP contribution >= 0.6 is 0 Å². The van der Waals surface area contributed by atoms with Crippen LogP contribution in [0.15, 0.2) is 30.3 Å². The minimum Gasteiger partial charge on any atom is -0.351 e. The smallest absolute Gasteiger partial charge is 0.223 e. The second-order valence-corrected chi connectivity index (χ2v) is 9.02. The summed E-state index contributed by atoms with van der Waals surface area (Å²) in [6.45, 7) is 1.40. The van der Waals surface area contributed by atoms with E-state index in [1.54, 1.807) is 0 Å². The third-order valence-electron chi connectivity index (χ3n) is 7.14. The van der Waals surface area contributed by atoms with Crippen LogP contribution in [0.3, 0.4) is 0 Å². The summed E-state index contributed by atoms with van der Waals surface area (Å²) < 4.78 is 0. The normalized spacial score (nSPS) is 32.2.